The molecule has 25 heavy (non-hydrogen) atoms. The van der Waals surface area contributed by atoms with Gasteiger partial charge in [-0.05, 0) is 5.56 Å². The first-order chi connectivity index (χ1) is 12.3. The number of fused-ring (bicyclic) bond motifs is 1. The van der Waals surface area contributed by atoms with Gasteiger partial charge in [0, 0.05) is 5.56 Å². The number of ether oxygens (including phenoxy) is 4. The fraction of sp³-hybridized carbons (Fsp3) is 0.350. The molecule has 0 spiro atoms. The summed E-state index contributed by atoms with van der Waals surface area (Å²) in [6, 6.07) is 19.4. The van der Waals surface area contributed by atoms with E-state index in [0.717, 1.165) is 11.1 Å². The molecule has 2 aromatic carbocycles. The van der Waals surface area contributed by atoms with E-state index in [1.54, 1.807) is 0 Å². The Morgan fingerprint density at radius 2 is 1.68 bits per heavy atom. The summed E-state index contributed by atoms with van der Waals surface area (Å²) >= 11 is 0. The van der Waals surface area contributed by atoms with Crippen molar-refractivity contribution in [3.63, 3.8) is 0 Å². The minimum atomic E-state index is -0.601. The molecule has 4 rings (SSSR count). The smallest absolute Gasteiger partial charge is 0.184 e. The van der Waals surface area contributed by atoms with Gasteiger partial charge in [0.1, 0.15) is 12.2 Å². The zero-order chi connectivity index (χ0) is 17.1. The number of benzene rings is 2. The van der Waals surface area contributed by atoms with E-state index in [0.29, 0.717) is 13.2 Å². The summed E-state index contributed by atoms with van der Waals surface area (Å²) in [5, 5.41) is 0. The topological polar surface area (TPSA) is 54.0 Å². The predicted molar refractivity (Wildman–Crippen MR) is 89.5 cm³/mol. The third-order valence-electron chi connectivity index (χ3n) is 4.38. The second kappa shape index (κ2) is 7.45. The molecule has 0 aliphatic carbocycles. The highest BCUT2D eigenvalue weighted by Gasteiger charge is 2.44. The quantitative estimate of drug-likeness (QED) is 0.856. The van der Waals surface area contributed by atoms with E-state index in [1.807, 2.05) is 60.7 Å². The van der Waals surface area contributed by atoms with Gasteiger partial charge in [0.2, 0.25) is 0 Å². The monoisotopic (exact) mass is 340 g/mol. The fourth-order valence-corrected chi connectivity index (χ4v) is 3.09. The van der Waals surface area contributed by atoms with Gasteiger partial charge in [-0.1, -0.05) is 60.7 Å². The van der Waals surface area contributed by atoms with E-state index < -0.39 is 24.8 Å². The minimum absolute atomic E-state index is 0.00135. The Kier molecular flexibility index (Phi) is 4.90. The molecular formula is C20H20O5. The van der Waals surface area contributed by atoms with E-state index in [-0.39, 0.29) is 12.2 Å². The van der Waals surface area contributed by atoms with Crippen molar-refractivity contribution in [2.45, 2.75) is 37.8 Å². The maximum atomic E-state index is 12.5. The van der Waals surface area contributed by atoms with Gasteiger partial charge >= 0.3 is 0 Å². The van der Waals surface area contributed by atoms with Gasteiger partial charge in [-0.2, -0.15) is 0 Å². The van der Waals surface area contributed by atoms with Crippen LogP contribution in [-0.4, -0.2) is 30.9 Å². The third kappa shape index (κ3) is 3.80. The van der Waals surface area contributed by atoms with Crippen LogP contribution in [0.1, 0.15) is 23.8 Å². The number of Topliss-reactive ketones (excluding diaryl/α,β-unsaturated/α-hetero) is 1. The van der Waals surface area contributed by atoms with Crippen molar-refractivity contribution < 1.29 is 23.7 Å². The van der Waals surface area contributed by atoms with Crippen LogP contribution < -0.4 is 0 Å². The molecule has 4 atom stereocenters. The second-order valence-electron chi connectivity index (χ2n) is 6.20. The summed E-state index contributed by atoms with van der Waals surface area (Å²) in [6.45, 7) is 0.714. The van der Waals surface area contributed by atoms with Crippen LogP contribution in [-0.2, 0) is 30.3 Å². The van der Waals surface area contributed by atoms with Crippen molar-refractivity contribution in [1.82, 2.24) is 0 Å². The van der Waals surface area contributed by atoms with Crippen molar-refractivity contribution in [3.05, 3.63) is 71.8 Å². The summed E-state index contributed by atoms with van der Waals surface area (Å²) in [5.41, 5.74) is 1.94. The maximum absolute atomic E-state index is 12.5. The molecule has 0 amide bonds. The number of carbonyl (C=O) groups is 1. The first-order valence-corrected chi connectivity index (χ1v) is 8.45. The molecular weight excluding hydrogens is 320 g/mol. The average Bonchev–Trinajstić information content (AvgIpc) is 2.68. The number of carbonyl (C=O) groups excluding carboxylic acids is 1. The maximum Gasteiger partial charge on any atom is 0.184 e. The van der Waals surface area contributed by atoms with Crippen LogP contribution in [0.25, 0.3) is 0 Å². The van der Waals surface area contributed by atoms with Crippen LogP contribution in [0.5, 0.6) is 0 Å². The molecule has 2 heterocycles. The van der Waals surface area contributed by atoms with Crippen molar-refractivity contribution in [2.24, 2.45) is 0 Å². The molecule has 2 fully saturated rings. The molecule has 130 valence electrons. The lowest BCUT2D eigenvalue weighted by Gasteiger charge is -2.40. The normalized spacial score (nSPS) is 29.2. The molecule has 2 saturated heterocycles. The summed E-state index contributed by atoms with van der Waals surface area (Å²) in [5.74, 6) is -0.00135. The Morgan fingerprint density at radius 1 is 0.960 bits per heavy atom. The van der Waals surface area contributed by atoms with Crippen LogP contribution in [0.3, 0.4) is 0 Å². The van der Waals surface area contributed by atoms with Gasteiger partial charge in [0.05, 0.1) is 19.6 Å². The highest BCUT2D eigenvalue weighted by atomic mass is 16.7. The zero-order valence-electron chi connectivity index (χ0n) is 13.7. The predicted octanol–water partition coefficient (Wildman–Crippen LogP) is 3.00. The molecule has 2 aliphatic heterocycles. The number of hydrogen-bond donors (Lipinski definition) is 0. The summed E-state index contributed by atoms with van der Waals surface area (Å²) in [7, 11) is 0. The summed E-state index contributed by atoms with van der Waals surface area (Å²) < 4.78 is 23.2. The highest BCUT2D eigenvalue weighted by molar-refractivity contribution is 5.84. The Balaban J connectivity index is 1.36. The largest absolute Gasteiger partial charge is 0.348 e. The minimum Gasteiger partial charge on any atom is -0.348 e. The van der Waals surface area contributed by atoms with Gasteiger partial charge < -0.3 is 18.9 Å². The van der Waals surface area contributed by atoms with Crippen molar-refractivity contribution in [3.8, 4) is 0 Å². The molecule has 0 saturated carbocycles. The molecule has 5 nitrogen and oxygen atoms in total. The number of hydrogen-bond acceptors (Lipinski definition) is 5. The molecule has 0 aromatic heterocycles. The van der Waals surface area contributed by atoms with Gasteiger partial charge in [-0.3, -0.25) is 4.79 Å². The summed E-state index contributed by atoms with van der Waals surface area (Å²) in [4.78, 5) is 12.5. The number of rotatable bonds is 4. The molecule has 0 bridgehead atoms. The molecule has 5 heteroatoms. The second-order valence-corrected chi connectivity index (χ2v) is 6.20. The van der Waals surface area contributed by atoms with E-state index in [4.69, 9.17) is 18.9 Å². The highest BCUT2D eigenvalue weighted by Crippen LogP contribution is 2.32. The van der Waals surface area contributed by atoms with Crippen LogP contribution in [0.2, 0.25) is 0 Å². The average molecular weight is 340 g/mol. The lowest BCUT2D eigenvalue weighted by Crippen LogP contribution is -2.53. The van der Waals surface area contributed by atoms with Crippen molar-refractivity contribution in [2.75, 3.05) is 6.61 Å². The Bertz CT molecular complexity index is 703. The van der Waals surface area contributed by atoms with Crippen LogP contribution in [0.4, 0.5) is 0 Å². The van der Waals surface area contributed by atoms with Crippen LogP contribution in [0, 0.1) is 0 Å². The Labute approximate surface area is 146 Å². The van der Waals surface area contributed by atoms with E-state index >= 15 is 0 Å². The van der Waals surface area contributed by atoms with Gasteiger partial charge in [-0.15, -0.1) is 0 Å². The van der Waals surface area contributed by atoms with E-state index in [2.05, 4.69) is 0 Å². The fourth-order valence-electron chi connectivity index (χ4n) is 3.09. The van der Waals surface area contributed by atoms with Crippen molar-refractivity contribution >= 4 is 5.78 Å². The lowest BCUT2D eigenvalue weighted by atomic mass is 10.0. The molecule has 2 aromatic rings. The standard InChI is InChI=1S/C20H20O5/c21-16-11-18(22-12-14-7-3-1-4-8-14)24-17-13-23-20(25-19(16)17)15-9-5-2-6-10-15/h1-10,17-20H,11-13H2/t17-,18+,19+,20?/m1/s1. The Morgan fingerprint density at radius 3 is 2.44 bits per heavy atom. The molecule has 0 N–H and O–H groups in total. The Hall–Kier alpha value is -2.05. The van der Waals surface area contributed by atoms with E-state index in [1.165, 1.54) is 0 Å². The zero-order valence-corrected chi connectivity index (χ0v) is 13.7. The summed E-state index contributed by atoms with van der Waals surface area (Å²) in [6.07, 6.45) is -1.93. The van der Waals surface area contributed by atoms with E-state index in [9.17, 15) is 4.79 Å². The lowest BCUT2D eigenvalue weighted by molar-refractivity contribution is -0.303. The van der Waals surface area contributed by atoms with Gasteiger partial charge in [0.25, 0.3) is 0 Å². The third-order valence-corrected chi connectivity index (χ3v) is 4.38. The van der Waals surface area contributed by atoms with Crippen LogP contribution in [0.15, 0.2) is 60.7 Å². The van der Waals surface area contributed by atoms with Crippen molar-refractivity contribution in [1.29, 1.82) is 0 Å². The number of ketones is 1. The molecule has 0 radical (unpaired) electrons. The van der Waals surface area contributed by atoms with Gasteiger partial charge in [0.15, 0.2) is 18.4 Å². The molecule has 2 aliphatic rings. The first kappa shape index (κ1) is 16.4. The molecule has 1 unspecified atom stereocenters. The van der Waals surface area contributed by atoms with Gasteiger partial charge in [-0.25, -0.2) is 0 Å². The van der Waals surface area contributed by atoms with Crippen LogP contribution >= 0.6 is 0 Å². The first-order valence-electron chi connectivity index (χ1n) is 8.45. The SMILES string of the molecule is O=C1C[C@@H](OCc2ccccc2)O[C@@H]2COC(c3ccccc3)O[C@@H]12.